The van der Waals surface area contributed by atoms with Gasteiger partial charge in [0, 0.05) is 6.08 Å². The van der Waals surface area contributed by atoms with Gasteiger partial charge >= 0.3 is 5.97 Å². The molecule has 0 bridgehead atoms. The lowest BCUT2D eigenvalue weighted by Crippen LogP contribution is -2.10. The monoisotopic (exact) mass is 196 g/mol. The van der Waals surface area contributed by atoms with Crippen LogP contribution in [-0.2, 0) is 9.53 Å². The van der Waals surface area contributed by atoms with Crippen molar-refractivity contribution in [2.24, 2.45) is 11.8 Å². The van der Waals surface area contributed by atoms with E-state index in [0.717, 1.165) is 5.92 Å². The van der Waals surface area contributed by atoms with Gasteiger partial charge in [0.2, 0.25) is 0 Å². The summed E-state index contributed by atoms with van der Waals surface area (Å²) in [6.07, 6.45) is 8.62. The molecule has 1 saturated carbocycles. The summed E-state index contributed by atoms with van der Waals surface area (Å²) in [5, 5.41) is 0. The van der Waals surface area contributed by atoms with Gasteiger partial charge in [-0.05, 0) is 31.6 Å². The van der Waals surface area contributed by atoms with Crippen molar-refractivity contribution in [3.8, 4) is 0 Å². The van der Waals surface area contributed by atoms with Crippen molar-refractivity contribution < 1.29 is 9.53 Å². The van der Waals surface area contributed by atoms with E-state index < -0.39 is 0 Å². The van der Waals surface area contributed by atoms with Crippen molar-refractivity contribution in [1.29, 1.82) is 0 Å². The number of rotatable bonds is 3. The highest BCUT2D eigenvalue weighted by molar-refractivity contribution is 5.81. The van der Waals surface area contributed by atoms with Gasteiger partial charge in [-0.15, -0.1) is 0 Å². The SMILES string of the molecule is CCOC(=O)/C=C/C1CCC(C)CC1. The normalized spacial score (nSPS) is 27.9. The molecule has 14 heavy (non-hydrogen) atoms. The van der Waals surface area contributed by atoms with E-state index in [0.29, 0.717) is 12.5 Å². The maximum absolute atomic E-state index is 11.0. The van der Waals surface area contributed by atoms with Crippen LogP contribution in [0.15, 0.2) is 12.2 Å². The molecule has 0 heterocycles. The van der Waals surface area contributed by atoms with Crippen molar-refractivity contribution in [2.45, 2.75) is 39.5 Å². The Hall–Kier alpha value is -0.790. The van der Waals surface area contributed by atoms with Crippen LogP contribution >= 0.6 is 0 Å². The first-order valence-corrected chi connectivity index (χ1v) is 5.57. The third-order valence-corrected chi connectivity index (χ3v) is 2.85. The predicted molar refractivity (Wildman–Crippen MR) is 56.9 cm³/mol. The number of allylic oxidation sites excluding steroid dienone is 1. The maximum atomic E-state index is 11.0. The minimum Gasteiger partial charge on any atom is -0.463 e. The second-order valence-electron chi connectivity index (χ2n) is 4.13. The molecule has 0 N–H and O–H groups in total. The summed E-state index contributed by atoms with van der Waals surface area (Å²) >= 11 is 0. The Kier molecular flexibility index (Phi) is 4.71. The lowest BCUT2D eigenvalue weighted by Gasteiger charge is -2.23. The summed E-state index contributed by atoms with van der Waals surface area (Å²) < 4.78 is 4.83. The van der Waals surface area contributed by atoms with Gasteiger partial charge in [-0.3, -0.25) is 0 Å². The van der Waals surface area contributed by atoms with Crippen LogP contribution in [0.3, 0.4) is 0 Å². The number of carbonyl (C=O) groups excluding carboxylic acids is 1. The van der Waals surface area contributed by atoms with E-state index in [9.17, 15) is 4.79 Å². The van der Waals surface area contributed by atoms with Crippen molar-refractivity contribution in [2.75, 3.05) is 6.61 Å². The van der Waals surface area contributed by atoms with Gasteiger partial charge in [0.15, 0.2) is 0 Å². The Morgan fingerprint density at radius 1 is 1.36 bits per heavy atom. The Labute approximate surface area is 86.3 Å². The van der Waals surface area contributed by atoms with Crippen molar-refractivity contribution in [3.05, 3.63) is 12.2 Å². The van der Waals surface area contributed by atoms with Crippen LogP contribution in [0.2, 0.25) is 0 Å². The fourth-order valence-electron chi connectivity index (χ4n) is 1.88. The van der Waals surface area contributed by atoms with Crippen LogP contribution < -0.4 is 0 Å². The average Bonchev–Trinajstić information content (AvgIpc) is 2.17. The van der Waals surface area contributed by atoms with Gasteiger partial charge in [0.25, 0.3) is 0 Å². The number of carbonyl (C=O) groups is 1. The van der Waals surface area contributed by atoms with Gasteiger partial charge in [0.05, 0.1) is 6.61 Å². The number of hydrogen-bond donors (Lipinski definition) is 0. The Balaban J connectivity index is 2.26. The van der Waals surface area contributed by atoms with Crippen LogP contribution in [0.4, 0.5) is 0 Å². The molecule has 2 heteroatoms. The molecule has 0 spiro atoms. The zero-order valence-electron chi connectivity index (χ0n) is 9.16. The Bertz CT molecular complexity index is 200. The smallest absolute Gasteiger partial charge is 0.330 e. The quantitative estimate of drug-likeness (QED) is 0.512. The first-order chi connectivity index (χ1) is 6.72. The zero-order valence-corrected chi connectivity index (χ0v) is 9.16. The molecule has 0 aromatic heterocycles. The molecule has 0 saturated heterocycles. The Morgan fingerprint density at radius 2 is 2.00 bits per heavy atom. The van der Waals surface area contributed by atoms with Crippen molar-refractivity contribution in [1.82, 2.24) is 0 Å². The molecule has 1 fully saturated rings. The van der Waals surface area contributed by atoms with E-state index in [1.54, 1.807) is 6.08 Å². The van der Waals surface area contributed by atoms with Crippen molar-refractivity contribution >= 4 is 5.97 Å². The third-order valence-electron chi connectivity index (χ3n) is 2.85. The minimum absolute atomic E-state index is 0.203. The van der Waals surface area contributed by atoms with E-state index in [4.69, 9.17) is 4.74 Å². The maximum Gasteiger partial charge on any atom is 0.330 e. The van der Waals surface area contributed by atoms with E-state index in [2.05, 4.69) is 6.92 Å². The molecular formula is C12H20O2. The topological polar surface area (TPSA) is 26.3 Å². The van der Waals surface area contributed by atoms with Gasteiger partial charge in [-0.25, -0.2) is 4.79 Å². The highest BCUT2D eigenvalue weighted by Crippen LogP contribution is 2.28. The van der Waals surface area contributed by atoms with Crippen LogP contribution in [0.25, 0.3) is 0 Å². The molecule has 1 aliphatic carbocycles. The zero-order chi connectivity index (χ0) is 10.4. The average molecular weight is 196 g/mol. The van der Waals surface area contributed by atoms with E-state index in [1.807, 2.05) is 13.0 Å². The molecule has 0 unspecified atom stereocenters. The summed E-state index contributed by atoms with van der Waals surface area (Å²) in [4.78, 5) is 11.0. The summed E-state index contributed by atoms with van der Waals surface area (Å²) in [6.45, 7) is 4.59. The molecule has 1 aliphatic rings. The number of hydrogen-bond acceptors (Lipinski definition) is 2. The van der Waals surface area contributed by atoms with E-state index in [-0.39, 0.29) is 5.97 Å². The first-order valence-electron chi connectivity index (χ1n) is 5.57. The molecular weight excluding hydrogens is 176 g/mol. The minimum atomic E-state index is -0.203. The first kappa shape index (κ1) is 11.3. The highest BCUT2D eigenvalue weighted by atomic mass is 16.5. The predicted octanol–water partition coefficient (Wildman–Crippen LogP) is 2.93. The molecule has 80 valence electrons. The highest BCUT2D eigenvalue weighted by Gasteiger charge is 2.15. The van der Waals surface area contributed by atoms with Crippen LogP contribution in [-0.4, -0.2) is 12.6 Å². The van der Waals surface area contributed by atoms with Crippen LogP contribution in [0.5, 0.6) is 0 Å². The standard InChI is InChI=1S/C12H20O2/c1-3-14-12(13)9-8-11-6-4-10(2)5-7-11/h8-11H,3-7H2,1-2H3/b9-8+. The molecule has 0 radical (unpaired) electrons. The van der Waals surface area contributed by atoms with E-state index >= 15 is 0 Å². The molecule has 0 atom stereocenters. The molecule has 0 aromatic rings. The molecule has 0 aliphatic heterocycles. The molecule has 2 nitrogen and oxygen atoms in total. The molecule has 0 aromatic carbocycles. The summed E-state index contributed by atoms with van der Waals surface area (Å²) in [5.74, 6) is 1.25. The molecule has 1 rings (SSSR count). The Morgan fingerprint density at radius 3 is 2.57 bits per heavy atom. The fraction of sp³-hybridized carbons (Fsp3) is 0.750. The number of ether oxygens (including phenoxy) is 1. The second-order valence-corrected chi connectivity index (χ2v) is 4.13. The van der Waals surface area contributed by atoms with Gasteiger partial charge in [0.1, 0.15) is 0 Å². The number of esters is 1. The summed E-state index contributed by atoms with van der Waals surface area (Å²) in [5.41, 5.74) is 0. The summed E-state index contributed by atoms with van der Waals surface area (Å²) in [6, 6.07) is 0. The van der Waals surface area contributed by atoms with Gasteiger partial charge in [-0.1, -0.05) is 25.8 Å². The van der Waals surface area contributed by atoms with Gasteiger partial charge < -0.3 is 4.74 Å². The lowest BCUT2D eigenvalue weighted by atomic mass is 9.83. The third kappa shape index (κ3) is 3.95. The fourth-order valence-corrected chi connectivity index (χ4v) is 1.88. The second kappa shape index (κ2) is 5.84. The lowest BCUT2D eigenvalue weighted by molar-refractivity contribution is -0.137. The summed E-state index contributed by atoms with van der Waals surface area (Å²) in [7, 11) is 0. The largest absolute Gasteiger partial charge is 0.463 e. The molecule has 0 amide bonds. The van der Waals surface area contributed by atoms with Crippen LogP contribution in [0, 0.1) is 11.8 Å². The van der Waals surface area contributed by atoms with E-state index in [1.165, 1.54) is 25.7 Å². The van der Waals surface area contributed by atoms with Crippen LogP contribution in [0.1, 0.15) is 39.5 Å². The van der Waals surface area contributed by atoms with Crippen molar-refractivity contribution in [3.63, 3.8) is 0 Å². The van der Waals surface area contributed by atoms with Gasteiger partial charge in [-0.2, -0.15) is 0 Å².